The van der Waals surface area contributed by atoms with Crippen molar-refractivity contribution in [3.63, 3.8) is 0 Å². The van der Waals surface area contributed by atoms with Crippen LogP contribution in [0, 0.1) is 5.92 Å². The summed E-state index contributed by atoms with van der Waals surface area (Å²) >= 11 is 0. The van der Waals surface area contributed by atoms with Crippen molar-refractivity contribution < 1.29 is 22.6 Å². The molecule has 0 unspecified atom stereocenters. The van der Waals surface area contributed by atoms with Crippen molar-refractivity contribution in [3.05, 3.63) is 30.1 Å². The number of nitrogens with one attached hydrogen (secondary N) is 1. The van der Waals surface area contributed by atoms with Crippen LogP contribution in [-0.2, 0) is 6.54 Å². The van der Waals surface area contributed by atoms with E-state index in [1.807, 2.05) is 18.2 Å². The van der Waals surface area contributed by atoms with E-state index in [9.17, 15) is 13.2 Å². The summed E-state index contributed by atoms with van der Waals surface area (Å²) < 4.78 is 52.3. The number of likely N-dealkylation sites (tertiary alicyclic amines) is 1. The van der Waals surface area contributed by atoms with Crippen LogP contribution in [0.5, 0.6) is 11.5 Å². The molecule has 164 valence electrons. The van der Waals surface area contributed by atoms with Crippen LogP contribution in [0.15, 0.2) is 24.5 Å². The lowest BCUT2D eigenvalue weighted by molar-refractivity contribution is -0.174. The van der Waals surface area contributed by atoms with Gasteiger partial charge in [-0.3, -0.25) is 4.90 Å². The van der Waals surface area contributed by atoms with Crippen molar-refractivity contribution in [2.45, 2.75) is 44.1 Å². The number of ether oxygens (including phenoxy) is 2. The first-order valence-electron chi connectivity index (χ1n) is 10.0. The lowest BCUT2D eigenvalue weighted by atomic mass is 9.85. The standard InChI is InChI=1S/C20H26F3N5O2/c1-29-15-3-4-17(30-2)14(9-15)11-27-7-5-13(6-8-27)16-10-18(20(21,22)23)28-19(26-16)24-12-25-28/h3-4,9,12-13,16,18H,5-8,10-11H2,1-2H3,(H,24,25,26)/t16-,18+/m0/s1. The van der Waals surface area contributed by atoms with E-state index in [1.165, 1.54) is 6.33 Å². The second-order valence-corrected chi connectivity index (χ2v) is 7.86. The third-order valence-corrected chi connectivity index (χ3v) is 6.12. The van der Waals surface area contributed by atoms with Gasteiger partial charge < -0.3 is 14.8 Å². The summed E-state index contributed by atoms with van der Waals surface area (Å²) in [5.41, 5.74) is 1.04. The van der Waals surface area contributed by atoms with Crippen LogP contribution in [0.1, 0.15) is 30.9 Å². The zero-order valence-electron chi connectivity index (χ0n) is 17.0. The van der Waals surface area contributed by atoms with Crippen LogP contribution >= 0.6 is 0 Å². The number of nitrogens with zero attached hydrogens (tertiary/aromatic N) is 4. The molecule has 0 amide bonds. The molecule has 1 aromatic heterocycles. The Labute approximate surface area is 173 Å². The fourth-order valence-corrected chi connectivity index (χ4v) is 4.49. The highest BCUT2D eigenvalue weighted by molar-refractivity contribution is 5.40. The van der Waals surface area contributed by atoms with Crippen molar-refractivity contribution in [1.29, 1.82) is 0 Å². The number of alkyl halides is 3. The molecule has 1 N–H and O–H groups in total. The molecule has 0 aliphatic carbocycles. The molecule has 10 heteroatoms. The molecule has 2 aliphatic rings. The van der Waals surface area contributed by atoms with Gasteiger partial charge in [-0.05, 0) is 56.5 Å². The van der Waals surface area contributed by atoms with Gasteiger partial charge in [-0.25, -0.2) is 4.68 Å². The summed E-state index contributed by atoms with van der Waals surface area (Å²) in [5, 5.41) is 6.95. The Morgan fingerprint density at radius 3 is 2.60 bits per heavy atom. The maximum Gasteiger partial charge on any atom is 0.411 e. The Hall–Kier alpha value is -2.49. The Balaban J connectivity index is 1.40. The third kappa shape index (κ3) is 4.19. The van der Waals surface area contributed by atoms with Crippen molar-refractivity contribution in [2.24, 2.45) is 5.92 Å². The monoisotopic (exact) mass is 425 g/mol. The maximum atomic E-state index is 13.5. The van der Waals surface area contributed by atoms with Crippen LogP contribution in [0.3, 0.4) is 0 Å². The quantitative estimate of drug-likeness (QED) is 0.791. The SMILES string of the molecule is COc1ccc(OC)c(CN2CCC([C@@H]3C[C@H](C(F)(F)F)n4ncnc4N3)CC2)c1. The summed E-state index contributed by atoms with van der Waals surface area (Å²) in [7, 11) is 3.27. The Morgan fingerprint density at radius 1 is 1.17 bits per heavy atom. The number of rotatable bonds is 5. The molecule has 1 aromatic carbocycles. The predicted octanol–water partition coefficient (Wildman–Crippen LogP) is 3.50. The molecule has 2 aromatic rings. The highest BCUT2D eigenvalue weighted by atomic mass is 19.4. The molecule has 0 spiro atoms. The van der Waals surface area contributed by atoms with Gasteiger partial charge in [-0.2, -0.15) is 23.3 Å². The van der Waals surface area contributed by atoms with E-state index < -0.39 is 12.2 Å². The molecule has 0 saturated carbocycles. The van der Waals surface area contributed by atoms with E-state index in [-0.39, 0.29) is 24.3 Å². The smallest absolute Gasteiger partial charge is 0.411 e. The molecular formula is C20H26F3N5O2. The molecule has 4 rings (SSSR count). The Kier molecular flexibility index (Phi) is 5.77. The fraction of sp³-hybridized carbons (Fsp3) is 0.600. The summed E-state index contributed by atoms with van der Waals surface area (Å²) in [4.78, 5) is 6.28. The number of methoxy groups -OCH3 is 2. The number of fused-ring (bicyclic) bond motifs is 1. The van der Waals surface area contributed by atoms with E-state index in [0.717, 1.165) is 47.7 Å². The summed E-state index contributed by atoms with van der Waals surface area (Å²) in [6.45, 7) is 2.34. The zero-order chi connectivity index (χ0) is 21.3. The van der Waals surface area contributed by atoms with Crippen LogP contribution in [-0.4, -0.2) is 59.2 Å². The average molecular weight is 425 g/mol. The highest BCUT2D eigenvalue weighted by Crippen LogP contribution is 2.41. The molecule has 0 bridgehead atoms. The van der Waals surface area contributed by atoms with Gasteiger partial charge in [0.1, 0.15) is 17.8 Å². The number of benzene rings is 1. The van der Waals surface area contributed by atoms with Gasteiger partial charge in [-0.1, -0.05) is 0 Å². The number of halogens is 3. The Morgan fingerprint density at radius 2 is 1.93 bits per heavy atom. The van der Waals surface area contributed by atoms with Gasteiger partial charge in [0.05, 0.1) is 14.2 Å². The first-order valence-corrected chi connectivity index (χ1v) is 10.0. The van der Waals surface area contributed by atoms with Crippen LogP contribution in [0.25, 0.3) is 0 Å². The molecule has 3 heterocycles. The van der Waals surface area contributed by atoms with E-state index in [2.05, 4.69) is 20.3 Å². The largest absolute Gasteiger partial charge is 0.497 e. The molecule has 0 radical (unpaired) electrons. The van der Waals surface area contributed by atoms with Crippen LogP contribution < -0.4 is 14.8 Å². The van der Waals surface area contributed by atoms with Crippen molar-refractivity contribution in [3.8, 4) is 11.5 Å². The minimum atomic E-state index is -4.34. The summed E-state index contributed by atoms with van der Waals surface area (Å²) in [6.07, 6.45) is -1.54. The van der Waals surface area contributed by atoms with Crippen LogP contribution in [0.2, 0.25) is 0 Å². The van der Waals surface area contributed by atoms with E-state index in [0.29, 0.717) is 6.54 Å². The van der Waals surface area contributed by atoms with E-state index in [4.69, 9.17) is 9.47 Å². The van der Waals surface area contributed by atoms with Gasteiger partial charge in [0.25, 0.3) is 0 Å². The van der Waals surface area contributed by atoms with Crippen molar-refractivity contribution in [1.82, 2.24) is 19.7 Å². The molecule has 2 atom stereocenters. The number of aromatic nitrogens is 3. The first-order chi connectivity index (χ1) is 14.4. The summed E-state index contributed by atoms with van der Waals surface area (Å²) in [6, 6.07) is 3.83. The van der Waals surface area contributed by atoms with E-state index >= 15 is 0 Å². The van der Waals surface area contributed by atoms with E-state index in [1.54, 1.807) is 14.2 Å². The lowest BCUT2D eigenvalue weighted by Gasteiger charge is -2.40. The normalized spacial score (nSPS) is 23.0. The van der Waals surface area contributed by atoms with Gasteiger partial charge in [0.15, 0.2) is 6.04 Å². The molecule has 1 saturated heterocycles. The van der Waals surface area contributed by atoms with Crippen molar-refractivity contribution in [2.75, 3.05) is 32.6 Å². The first kappa shape index (κ1) is 20.8. The topological polar surface area (TPSA) is 64.4 Å². The lowest BCUT2D eigenvalue weighted by Crippen LogP contribution is -2.46. The second kappa shape index (κ2) is 8.33. The average Bonchev–Trinajstić information content (AvgIpc) is 3.21. The number of piperidine rings is 1. The Bertz CT molecular complexity index is 864. The minimum absolute atomic E-state index is 0.0196. The highest BCUT2D eigenvalue weighted by Gasteiger charge is 2.47. The predicted molar refractivity (Wildman–Crippen MR) is 105 cm³/mol. The zero-order valence-corrected chi connectivity index (χ0v) is 17.0. The summed E-state index contributed by atoms with van der Waals surface area (Å²) in [5.74, 6) is 1.94. The van der Waals surface area contributed by atoms with Crippen molar-refractivity contribution >= 4 is 5.95 Å². The number of hydrogen-bond donors (Lipinski definition) is 1. The molecule has 1 fully saturated rings. The second-order valence-electron chi connectivity index (χ2n) is 7.86. The van der Waals surface area contributed by atoms with Crippen LogP contribution in [0.4, 0.5) is 19.1 Å². The van der Waals surface area contributed by atoms with Gasteiger partial charge in [0.2, 0.25) is 5.95 Å². The van der Waals surface area contributed by atoms with Gasteiger partial charge in [0, 0.05) is 18.2 Å². The molecular weight excluding hydrogens is 399 g/mol. The number of anilines is 1. The molecule has 2 aliphatic heterocycles. The number of hydrogen-bond acceptors (Lipinski definition) is 6. The minimum Gasteiger partial charge on any atom is -0.497 e. The van der Waals surface area contributed by atoms with Gasteiger partial charge >= 0.3 is 6.18 Å². The molecule has 30 heavy (non-hydrogen) atoms. The third-order valence-electron chi connectivity index (χ3n) is 6.12. The molecule has 7 nitrogen and oxygen atoms in total. The maximum absolute atomic E-state index is 13.5. The fourth-order valence-electron chi connectivity index (χ4n) is 4.49. The van der Waals surface area contributed by atoms with Gasteiger partial charge in [-0.15, -0.1) is 0 Å².